The van der Waals surface area contributed by atoms with Gasteiger partial charge in [0, 0.05) is 121 Å². The van der Waals surface area contributed by atoms with E-state index in [0.717, 1.165) is 71.3 Å². The maximum Gasteiger partial charge on any atom is 0.323 e. The molecule has 33 heteroatoms. The van der Waals surface area contributed by atoms with Crippen LogP contribution in [0.4, 0.5) is 52.8 Å². The molecule has 1 saturated heterocycles. The van der Waals surface area contributed by atoms with Crippen molar-refractivity contribution in [3.8, 4) is 18.0 Å². The number of hydrogen-bond donors (Lipinski definition) is 13. The second-order valence-corrected chi connectivity index (χ2v) is 29.2. The van der Waals surface area contributed by atoms with Crippen molar-refractivity contribution in [1.82, 2.24) is 75.9 Å². The molecular formula is C90H97Cl3N24O6. The summed E-state index contributed by atoms with van der Waals surface area (Å²) in [5.74, 6) is 3.00. The number of amidine groups is 1. The summed E-state index contributed by atoms with van der Waals surface area (Å²) in [5, 5.41) is 40.8. The quantitative estimate of drug-likeness (QED) is 0.00966. The molecule has 0 bridgehead atoms. The number of unbranched alkanes of at least 4 members (excludes halogenated alkanes) is 2. The van der Waals surface area contributed by atoms with Crippen LogP contribution in [0.2, 0.25) is 15.1 Å². The van der Waals surface area contributed by atoms with Crippen molar-refractivity contribution in [2.75, 3.05) is 84.3 Å². The molecule has 3 amide bonds. The summed E-state index contributed by atoms with van der Waals surface area (Å²) in [5.41, 5.74) is 20.7. The number of hydrogen-bond acceptors (Lipinski definition) is 26. The van der Waals surface area contributed by atoms with Gasteiger partial charge in [0.25, 0.3) is 17.7 Å². The van der Waals surface area contributed by atoms with Crippen LogP contribution in [-0.4, -0.2) is 131 Å². The zero-order chi connectivity index (χ0) is 86.3. The number of anilines is 9. The molecule has 13 rings (SSSR count). The lowest BCUT2D eigenvalue weighted by Crippen LogP contribution is -2.49. The summed E-state index contributed by atoms with van der Waals surface area (Å²) in [6.07, 6.45) is 3.37. The molecule has 3 aromatic heterocycles. The van der Waals surface area contributed by atoms with Gasteiger partial charge in [-0.3, -0.25) is 19.8 Å². The molecule has 0 saturated carbocycles. The van der Waals surface area contributed by atoms with E-state index in [4.69, 9.17) is 65.9 Å². The van der Waals surface area contributed by atoms with Crippen LogP contribution in [0.1, 0.15) is 97.1 Å². The highest BCUT2D eigenvalue weighted by molar-refractivity contribution is 6.31. The maximum atomic E-state index is 13.0. The van der Waals surface area contributed by atoms with Gasteiger partial charge in [-0.25, -0.2) is 0 Å². The molecule has 4 heterocycles. The van der Waals surface area contributed by atoms with Gasteiger partial charge in [-0.2, -0.15) is 44.9 Å². The number of nitrogens with one attached hydrogen (secondary N) is 11. The number of halogens is 3. The van der Waals surface area contributed by atoms with E-state index in [9.17, 15) is 14.4 Å². The van der Waals surface area contributed by atoms with Gasteiger partial charge in [-0.05, 0) is 169 Å². The molecule has 1 aliphatic heterocycles. The molecule has 0 radical (unpaired) electrons. The molecule has 0 unspecified atom stereocenters. The van der Waals surface area contributed by atoms with Gasteiger partial charge in [0.05, 0.1) is 17.5 Å². The Morgan fingerprint density at radius 2 is 0.691 bits per heavy atom. The van der Waals surface area contributed by atoms with Gasteiger partial charge in [0.1, 0.15) is 19.8 Å². The fourth-order valence-corrected chi connectivity index (χ4v) is 12.1. The van der Waals surface area contributed by atoms with Crippen LogP contribution in [-0.2, 0) is 39.5 Å². The Morgan fingerprint density at radius 1 is 0.366 bits per heavy atom. The number of piperazine rings is 1. The number of benzene rings is 9. The van der Waals surface area contributed by atoms with Crippen molar-refractivity contribution in [2.45, 2.75) is 72.1 Å². The predicted molar refractivity (Wildman–Crippen MR) is 484 cm³/mol. The van der Waals surface area contributed by atoms with Crippen LogP contribution in [0, 0.1) is 5.41 Å². The first-order valence-electron chi connectivity index (χ1n) is 39.7. The molecule has 1 fully saturated rings. The summed E-state index contributed by atoms with van der Waals surface area (Å²) in [6.45, 7) is 16.4. The Balaban J connectivity index is 0.000000180. The van der Waals surface area contributed by atoms with Crippen molar-refractivity contribution < 1.29 is 28.6 Å². The van der Waals surface area contributed by atoms with Gasteiger partial charge in [-0.1, -0.05) is 181 Å². The number of ether oxygens (including phenoxy) is 3. The zero-order valence-corrected chi connectivity index (χ0v) is 70.1. The first-order chi connectivity index (χ1) is 59.8. The third-order valence-electron chi connectivity index (χ3n) is 18.3. The SMILES string of the molecule is C=C(N)NCCCCNC(=O)c1ccc(Nc2nc(NCc3ccc(Cl)cc3)nc(OCc3ccccc3)n2)cc1.C=C(N)NCCCCNC(=O)c1cccc(Nc2nc(NCc3ccc(Cl)cc3)nc(OCc3ccccc3)n2)c1.CC(=N)N1CCN(C(=O)c2ccc(Nc3nc(NCc4ccc(Cl)cc4)nc(OCc4ccccc4)n3)cc2)CC1. The highest BCUT2D eigenvalue weighted by atomic mass is 35.5. The van der Waals surface area contributed by atoms with Crippen molar-refractivity contribution >= 4 is 111 Å². The largest absolute Gasteiger partial charge is 0.458 e. The number of nitrogens with zero attached hydrogens (tertiary/aromatic N) is 11. The summed E-state index contributed by atoms with van der Waals surface area (Å²) in [7, 11) is 0. The molecule has 123 heavy (non-hydrogen) atoms. The van der Waals surface area contributed by atoms with E-state index < -0.39 is 0 Å². The Hall–Kier alpha value is -14.4. The fourth-order valence-electron chi connectivity index (χ4n) is 11.7. The average molecular weight is 1720 g/mol. The Kier molecular flexibility index (Phi) is 34.5. The molecular weight excluding hydrogens is 1620 g/mol. The van der Waals surface area contributed by atoms with Crippen molar-refractivity contribution in [2.24, 2.45) is 11.5 Å². The standard InChI is InChI=1S/C30H31ClN8O2.2C30H33ClN8O2/c1-21(32)38-15-17-39(18-16-38)27(40)24-9-13-26(14-10-24)34-29-35-28(33-19-22-7-11-25(31)12-8-22)36-30(37-29)41-20-23-5-3-2-4-6-23;1-21(32)33-16-5-6-17-34-27(40)24-10-7-11-26(18-24)36-29-37-28(35-19-22-12-14-25(31)15-13-22)38-30(39-29)41-20-23-8-3-2-4-9-23;1-21(32)33-17-5-6-18-34-27(40)24-11-15-26(16-12-24)36-29-37-28(35-19-22-9-13-25(31)14-10-22)38-30(39-29)41-20-23-7-3-2-4-8-23/h2-14,32H,15-20H2,1H3,(H2,33,34,35,36,37);2-4,7-15,18,33H,1,5-6,16-17,19-20,32H2,(H,34,40)(H2,35,36,37,38,39);2-4,7-16,33H,1,5-6,17-20,32H2,(H,34,40)(H2,35,36,37,38,39). The third kappa shape index (κ3) is 31.4. The predicted octanol–water partition coefficient (Wildman–Crippen LogP) is 15.2. The van der Waals surface area contributed by atoms with Crippen LogP contribution in [0.25, 0.3) is 0 Å². The first-order valence-corrected chi connectivity index (χ1v) is 40.8. The lowest BCUT2D eigenvalue weighted by Gasteiger charge is -2.35. The van der Waals surface area contributed by atoms with E-state index in [2.05, 4.69) is 111 Å². The van der Waals surface area contributed by atoms with Crippen LogP contribution >= 0.6 is 34.8 Å². The van der Waals surface area contributed by atoms with Gasteiger partial charge in [0.15, 0.2) is 0 Å². The van der Waals surface area contributed by atoms with E-state index in [1.54, 1.807) is 61.5 Å². The van der Waals surface area contributed by atoms with Crippen LogP contribution < -0.4 is 78.8 Å². The highest BCUT2D eigenvalue weighted by Gasteiger charge is 2.23. The Bertz CT molecular complexity index is 5390. The molecule has 12 aromatic rings. The van der Waals surface area contributed by atoms with E-state index in [1.165, 1.54) is 0 Å². The number of carbonyl (C=O) groups is 3. The van der Waals surface area contributed by atoms with Crippen LogP contribution in [0.5, 0.6) is 18.0 Å². The topological polar surface area (TPSA) is 398 Å². The lowest BCUT2D eigenvalue weighted by atomic mass is 10.1. The summed E-state index contributed by atoms with van der Waals surface area (Å²) >= 11 is 18.0. The van der Waals surface area contributed by atoms with Crippen molar-refractivity contribution in [3.05, 3.63) is 327 Å². The number of amides is 3. The van der Waals surface area contributed by atoms with E-state index in [1.807, 2.05) is 192 Å². The van der Waals surface area contributed by atoms with E-state index >= 15 is 0 Å². The second-order valence-electron chi connectivity index (χ2n) is 27.9. The van der Waals surface area contributed by atoms with E-state index in [0.29, 0.717) is 176 Å². The van der Waals surface area contributed by atoms with E-state index in [-0.39, 0.29) is 41.7 Å². The van der Waals surface area contributed by atoms with Crippen LogP contribution in [0.15, 0.2) is 261 Å². The molecule has 1 aliphatic rings. The number of rotatable bonds is 39. The minimum absolute atomic E-state index is 0.0238. The monoisotopic (exact) mass is 1710 g/mol. The smallest absolute Gasteiger partial charge is 0.323 e. The summed E-state index contributed by atoms with van der Waals surface area (Å²) < 4.78 is 17.7. The van der Waals surface area contributed by atoms with Crippen molar-refractivity contribution in [3.63, 3.8) is 0 Å². The first kappa shape index (κ1) is 89.4. The Morgan fingerprint density at radius 3 is 1.05 bits per heavy atom. The fraction of sp³-hybridized carbons (Fsp3) is 0.211. The Labute approximate surface area is 729 Å². The second kappa shape index (κ2) is 47.4. The zero-order valence-electron chi connectivity index (χ0n) is 67.8. The molecule has 0 spiro atoms. The third-order valence-corrected chi connectivity index (χ3v) is 19.0. The highest BCUT2D eigenvalue weighted by Crippen LogP contribution is 2.26. The summed E-state index contributed by atoms with van der Waals surface area (Å²) in [6, 6.07) is 73.7. The molecule has 9 aromatic carbocycles. The minimum atomic E-state index is -0.169. The van der Waals surface area contributed by atoms with Gasteiger partial charge in [0.2, 0.25) is 35.7 Å². The number of aromatic nitrogens is 9. The van der Waals surface area contributed by atoms with Gasteiger partial charge in [-0.15, -0.1) is 0 Å². The number of nitrogens with two attached hydrogens (primary N) is 2. The molecule has 30 nitrogen and oxygen atoms in total. The van der Waals surface area contributed by atoms with Gasteiger partial charge >= 0.3 is 18.0 Å². The van der Waals surface area contributed by atoms with Crippen molar-refractivity contribution in [1.29, 1.82) is 5.41 Å². The molecule has 15 N–H and O–H groups in total. The lowest BCUT2D eigenvalue weighted by molar-refractivity contribution is 0.0690. The maximum absolute atomic E-state index is 13.0. The summed E-state index contributed by atoms with van der Waals surface area (Å²) in [4.78, 5) is 82.1. The molecule has 0 aliphatic carbocycles. The van der Waals surface area contributed by atoms with Crippen LogP contribution in [0.3, 0.4) is 0 Å². The van der Waals surface area contributed by atoms with Gasteiger partial charge < -0.3 is 88.6 Å². The molecule has 634 valence electrons. The average Bonchev–Trinajstić information content (AvgIpc) is 1.01. The normalized spacial score (nSPS) is 11.3. The molecule has 0 atom stereocenters. The number of carbonyl (C=O) groups excluding carboxylic acids is 3. The minimum Gasteiger partial charge on any atom is -0.458 e.